The minimum atomic E-state index is -3.42. The molecule has 7 nitrogen and oxygen atoms in total. The van der Waals surface area contributed by atoms with E-state index in [1.54, 1.807) is 24.3 Å². The van der Waals surface area contributed by atoms with Crippen LogP contribution < -0.4 is 0 Å². The number of sulfonamides is 1. The average molecular weight is 350 g/mol. The van der Waals surface area contributed by atoms with Crippen molar-refractivity contribution in [3.63, 3.8) is 0 Å². The molecule has 1 saturated heterocycles. The monoisotopic (exact) mass is 350 g/mol. The summed E-state index contributed by atoms with van der Waals surface area (Å²) in [6, 6.07) is 8.55. The highest BCUT2D eigenvalue weighted by atomic mass is 32.2. The molecule has 0 spiro atoms. The summed E-state index contributed by atoms with van der Waals surface area (Å²) in [6.07, 6.45) is 0.735. The molecule has 24 heavy (non-hydrogen) atoms. The molecule has 1 aromatic heterocycles. The van der Waals surface area contributed by atoms with E-state index in [9.17, 15) is 8.42 Å². The van der Waals surface area contributed by atoms with Crippen molar-refractivity contribution < 1.29 is 12.9 Å². The molecule has 0 N–H and O–H groups in total. The lowest BCUT2D eigenvalue weighted by Gasteiger charge is -2.36. The van der Waals surface area contributed by atoms with E-state index in [0.717, 1.165) is 6.42 Å². The number of benzene rings is 1. The van der Waals surface area contributed by atoms with Gasteiger partial charge in [-0.15, -0.1) is 0 Å². The van der Waals surface area contributed by atoms with Crippen molar-refractivity contribution in [1.29, 1.82) is 0 Å². The zero-order valence-corrected chi connectivity index (χ0v) is 14.7. The number of piperazine rings is 1. The van der Waals surface area contributed by atoms with E-state index in [2.05, 4.69) is 15.0 Å². The second-order valence-corrected chi connectivity index (χ2v) is 7.77. The number of hydrogen-bond acceptors (Lipinski definition) is 6. The van der Waals surface area contributed by atoms with Crippen LogP contribution in [0.5, 0.6) is 0 Å². The molecule has 1 aromatic carbocycles. The maximum absolute atomic E-state index is 12.6. The fourth-order valence-corrected chi connectivity index (χ4v) is 4.25. The van der Waals surface area contributed by atoms with E-state index in [1.165, 1.54) is 4.31 Å². The zero-order chi connectivity index (χ0) is 17.2. The third-order valence-corrected chi connectivity index (χ3v) is 6.27. The summed E-state index contributed by atoms with van der Waals surface area (Å²) in [6.45, 7) is 6.17. The summed E-state index contributed by atoms with van der Waals surface area (Å²) in [4.78, 5) is 6.88. The van der Waals surface area contributed by atoms with Crippen LogP contribution in [0, 0.1) is 0 Å². The molecule has 0 amide bonds. The molecule has 0 radical (unpaired) electrons. The van der Waals surface area contributed by atoms with Crippen molar-refractivity contribution in [2.75, 3.05) is 26.2 Å². The largest absolute Gasteiger partial charge is 0.338 e. The Hall–Kier alpha value is -1.77. The topological polar surface area (TPSA) is 79.5 Å². The molecular weight excluding hydrogens is 328 g/mol. The van der Waals surface area contributed by atoms with Gasteiger partial charge in [0, 0.05) is 32.6 Å². The second kappa shape index (κ2) is 7.00. The fourth-order valence-electron chi connectivity index (χ4n) is 2.81. The minimum Gasteiger partial charge on any atom is -0.338 e. The Bertz CT molecular complexity index is 768. The highest BCUT2D eigenvalue weighted by Gasteiger charge is 2.31. The molecule has 0 aliphatic carbocycles. The van der Waals surface area contributed by atoms with E-state index in [1.807, 2.05) is 19.9 Å². The molecule has 1 aliphatic rings. The van der Waals surface area contributed by atoms with Crippen LogP contribution >= 0.6 is 0 Å². The van der Waals surface area contributed by atoms with E-state index in [0.29, 0.717) is 42.8 Å². The molecule has 0 bridgehead atoms. The van der Waals surface area contributed by atoms with Gasteiger partial charge in [-0.05, 0) is 19.1 Å². The molecule has 3 rings (SSSR count). The first kappa shape index (κ1) is 17.1. The molecule has 1 atom stereocenters. The number of nitrogens with zero attached hydrogens (tertiary/aromatic N) is 4. The number of hydrogen-bond donors (Lipinski definition) is 0. The first-order chi connectivity index (χ1) is 11.5. The van der Waals surface area contributed by atoms with Crippen LogP contribution in [0.1, 0.15) is 31.6 Å². The van der Waals surface area contributed by atoms with Crippen LogP contribution in [0.2, 0.25) is 0 Å². The Labute approximate surface area is 142 Å². The summed E-state index contributed by atoms with van der Waals surface area (Å²) >= 11 is 0. The number of rotatable bonds is 5. The molecule has 2 heterocycles. The van der Waals surface area contributed by atoms with Gasteiger partial charge in [0.15, 0.2) is 5.82 Å². The highest BCUT2D eigenvalue weighted by molar-refractivity contribution is 7.89. The lowest BCUT2D eigenvalue weighted by molar-refractivity contribution is 0.124. The molecule has 8 heteroatoms. The van der Waals surface area contributed by atoms with Crippen LogP contribution in [0.4, 0.5) is 0 Å². The smallest absolute Gasteiger partial charge is 0.243 e. The van der Waals surface area contributed by atoms with Crippen LogP contribution in [-0.4, -0.2) is 53.9 Å². The van der Waals surface area contributed by atoms with Gasteiger partial charge in [-0.2, -0.15) is 9.29 Å². The second-order valence-electron chi connectivity index (χ2n) is 5.83. The van der Waals surface area contributed by atoms with E-state index >= 15 is 0 Å². The van der Waals surface area contributed by atoms with Gasteiger partial charge in [0.1, 0.15) is 0 Å². The Balaban J connectivity index is 1.65. The summed E-state index contributed by atoms with van der Waals surface area (Å²) in [5, 5.41) is 3.93. The van der Waals surface area contributed by atoms with Gasteiger partial charge in [-0.25, -0.2) is 8.42 Å². The Morgan fingerprint density at radius 3 is 2.42 bits per heavy atom. The summed E-state index contributed by atoms with van der Waals surface area (Å²) < 4.78 is 32.1. The molecule has 0 saturated carbocycles. The van der Waals surface area contributed by atoms with Gasteiger partial charge >= 0.3 is 0 Å². The van der Waals surface area contributed by atoms with Crippen molar-refractivity contribution >= 4 is 10.0 Å². The standard InChI is InChI=1S/C16H22N4O3S/c1-3-15-17-16(23-18-15)13(2)19-9-11-20(12-10-19)24(21,22)14-7-5-4-6-8-14/h4-8,13H,3,9-12H2,1-2H3/t13-/m0/s1. The maximum atomic E-state index is 12.6. The molecule has 0 unspecified atom stereocenters. The molecular formula is C16H22N4O3S. The van der Waals surface area contributed by atoms with Crippen molar-refractivity contribution in [1.82, 2.24) is 19.3 Å². The van der Waals surface area contributed by atoms with Crippen LogP contribution in [0.3, 0.4) is 0 Å². The first-order valence-corrected chi connectivity index (χ1v) is 9.58. The quantitative estimate of drug-likeness (QED) is 0.817. The van der Waals surface area contributed by atoms with Gasteiger partial charge in [-0.3, -0.25) is 4.90 Å². The molecule has 1 aliphatic heterocycles. The van der Waals surface area contributed by atoms with Gasteiger partial charge in [-0.1, -0.05) is 30.3 Å². The first-order valence-electron chi connectivity index (χ1n) is 8.14. The Morgan fingerprint density at radius 1 is 1.17 bits per heavy atom. The summed E-state index contributed by atoms with van der Waals surface area (Å²) in [5.41, 5.74) is 0. The van der Waals surface area contributed by atoms with Crippen LogP contribution in [0.15, 0.2) is 39.8 Å². The fraction of sp³-hybridized carbons (Fsp3) is 0.500. The Morgan fingerprint density at radius 2 is 1.83 bits per heavy atom. The lowest BCUT2D eigenvalue weighted by atomic mass is 10.2. The van der Waals surface area contributed by atoms with Gasteiger partial charge in [0.05, 0.1) is 10.9 Å². The van der Waals surface area contributed by atoms with E-state index in [-0.39, 0.29) is 6.04 Å². The van der Waals surface area contributed by atoms with Gasteiger partial charge in [0.2, 0.25) is 15.9 Å². The highest BCUT2D eigenvalue weighted by Crippen LogP contribution is 2.23. The van der Waals surface area contributed by atoms with Crippen molar-refractivity contribution in [2.24, 2.45) is 0 Å². The zero-order valence-electron chi connectivity index (χ0n) is 13.9. The summed E-state index contributed by atoms with van der Waals surface area (Å²) in [5.74, 6) is 1.29. The summed E-state index contributed by atoms with van der Waals surface area (Å²) in [7, 11) is -3.42. The van der Waals surface area contributed by atoms with Crippen molar-refractivity contribution in [3.8, 4) is 0 Å². The van der Waals surface area contributed by atoms with Crippen LogP contribution in [0.25, 0.3) is 0 Å². The van der Waals surface area contributed by atoms with Gasteiger partial charge < -0.3 is 4.52 Å². The number of aromatic nitrogens is 2. The lowest BCUT2D eigenvalue weighted by Crippen LogP contribution is -2.49. The maximum Gasteiger partial charge on any atom is 0.243 e. The normalized spacial score (nSPS) is 18.6. The van der Waals surface area contributed by atoms with Crippen molar-refractivity contribution in [2.45, 2.75) is 31.2 Å². The van der Waals surface area contributed by atoms with E-state index in [4.69, 9.17) is 4.52 Å². The SMILES string of the molecule is CCc1noc([C@H](C)N2CCN(S(=O)(=O)c3ccccc3)CC2)n1. The van der Waals surface area contributed by atoms with E-state index < -0.39 is 10.0 Å². The predicted molar refractivity (Wildman–Crippen MR) is 88.9 cm³/mol. The molecule has 2 aromatic rings. The van der Waals surface area contributed by atoms with Crippen LogP contribution in [-0.2, 0) is 16.4 Å². The molecule has 1 fully saturated rings. The third-order valence-electron chi connectivity index (χ3n) is 4.36. The molecule has 130 valence electrons. The van der Waals surface area contributed by atoms with Crippen molar-refractivity contribution in [3.05, 3.63) is 42.0 Å². The average Bonchev–Trinajstić information content (AvgIpc) is 3.11. The minimum absolute atomic E-state index is 0.0145. The third kappa shape index (κ3) is 3.35. The number of aryl methyl sites for hydroxylation is 1. The predicted octanol–water partition coefficient (Wildman–Crippen LogP) is 1.70. The Kier molecular flexibility index (Phi) is 4.98. The van der Waals surface area contributed by atoms with Gasteiger partial charge in [0.25, 0.3) is 0 Å².